The van der Waals surface area contributed by atoms with Crippen LogP contribution in [0.25, 0.3) is 11.3 Å². The molecule has 0 saturated heterocycles. The third kappa shape index (κ3) is 4.31. The quantitative estimate of drug-likeness (QED) is 0.500. The molecule has 0 atom stereocenters. The number of hydrogen-bond donors (Lipinski definition) is 0. The fourth-order valence-electron chi connectivity index (χ4n) is 3.00. The Labute approximate surface area is 174 Å². The Morgan fingerprint density at radius 3 is 2.41 bits per heavy atom. The maximum absolute atomic E-state index is 13.5. The standard InChI is InChI=1S/C21H13Cl2F3N2O/c1-12-3-2-4-13(7-12)19-9-17(21(24,25)26)16(10-27)20(29)28(19)11-14-5-6-15(22)8-18(14)23/h2-9H,11H2,1H3. The summed E-state index contributed by atoms with van der Waals surface area (Å²) in [6.45, 7) is 1.67. The van der Waals surface area contributed by atoms with Crippen LogP contribution in [0.4, 0.5) is 13.2 Å². The largest absolute Gasteiger partial charge is 0.417 e. The van der Waals surface area contributed by atoms with Gasteiger partial charge in [-0.3, -0.25) is 4.79 Å². The van der Waals surface area contributed by atoms with Crippen molar-refractivity contribution < 1.29 is 13.2 Å². The van der Waals surface area contributed by atoms with E-state index in [0.29, 0.717) is 16.1 Å². The second kappa shape index (κ2) is 7.94. The molecule has 0 unspecified atom stereocenters. The van der Waals surface area contributed by atoms with Gasteiger partial charge in [0.25, 0.3) is 5.56 Å². The Hall–Kier alpha value is -2.75. The molecular formula is C21H13Cl2F3N2O. The lowest BCUT2D eigenvalue weighted by atomic mass is 10.0. The van der Waals surface area contributed by atoms with Crippen molar-refractivity contribution in [3.05, 3.63) is 91.2 Å². The molecule has 0 radical (unpaired) electrons. The van der Waals surface area contributed by atoms with Crippen LogP contribution < -0.4 is 5.56 Å². The number of nitriles is 1. The highest BCUT2D eigenvalue weighted by Gasteiger charge is 2.36. The number of halogens is 5. The van der Waals surface area contributed by atoms with Crippen LogP contribution in [0.15, 0.2) is 53.3 Å². The Balaban J connectivity index is 2.33. The molecule has 0 aliphatic heterocycles. The number of benzene rings is 2. The van der Waals surface area contributed by atoms with E-state index >= 15 is 0 Å². The summed E-state index contributed by atoms with van der Waals surface area (Å²) in [7, 11) is 0. The van der Waals surface area contributed by atoms with E-state index in [0.717, 1.165) is 16.2 Å². The number of rotatable bonds is 3. The van der Waals surface area contributed by atoms with Crippen molar-refractivity contribution in [1.82, 2.24) is 4.57 Å². The summed E-state index contributed by atoms with van der Waals surface area (Å²) in [5.74, 6) is 0. The Bertz CT molecular complexity index is 1190. The van der Waals surface area contributed by atoms with Gasteiger partial charge in [-0.1, -0.05) is 53.0 Å². The number of nitrogens with zero attached hydrogens (tertiary/aromatic N) is 2. The molecule has 0 amide bonds. The second-order valence-electron chi connectivity index (χ2n) is 6.42. The van der Waals surface area contributed by atoms with Gasteiger partial charge in [-0.15, -0.1) is 0 Å². The second-order valence-corrected chi connectivity index (χ2v) is 7.27. The van der Waals surface area contributed by atoms with Crippen LogP contribution in [0.2, 0.25) is 10.0 Å². The average Bonchev–Trinajstić information content (AvgIpc) is 2.64. The summed E-state index contributed by atoms with van der Waals surface area (Å²) in [6, 6.07) is 13.6. The highest BCUT2D eigenvalue weighted by atomic mass is 35.5. The molecule has 3 rings (SSSR count). The maximum atomic E-state index is 13.5. The first-order valence-electron chi connectivity index (χ1n) is 8.38. The minimum atomic E-state index is -4.85. The summed E-state index contributed by atoms with van der Waals surface area (Å²) in [6.07, 6.45) is -4.85. The van der Waals surface area contributed by atoms with Gasteiger partial charge < -0.3 is 4.57 Å². The topological polar surface area (TPSA) is 45.8 Å². The highest BCUT2D eigenvalue weighted by Crippen LogP contribution is 2.34. The lowest BCUT2D eigenvalue weighted by Crippen LogP contribution is -2.28. The minimum Gasteiger partial charge on any atom is -0.303 e. The van der Waals surface area contributed by atoms with Gasteiger partial charge in [-0.2, -0.15) is 18.4 Å². The van der Waals surface area contributed by atoms with Gasteiger partial charge in [0.2, 0.25) is 0 Å². The molecule has 1 aromatic heterocycles. The lowest BCUT2D eigenvalue weighted by molar-refractivity contribution is -0.137. The Morgan fingerprint density at radius 1 is 1.10 bits per heavy atom. The average molecular weight is 437 g/mol. The molecule has 8 heteroatoms. The fourth-order valence-corrected chi connectivity index (χ4v) is 3.47. The number of pyridine rings is 1. The third-order valence-electron chi connectivity index (χ3n) is 4.37. The molecule has 0 fully saturated rings. The van der Waals surface area contributed by atoms with E-state index in [9.17, 15) is 23.2 Å². The van der Waals surface area contributed by atoms with Crippen molar-refractivity contribution in [3.63, 3.8) is 0 Å². The highest BCUT2D eigenvalue weighted by molar-refractivity contribution is 6.35. The predicted octanol–water partition coefficient (Wildman–Crippen LogP) is 6.07. The van der Waals surface area contributed by atoms with Crippen LogP contribution >= 0.6 is 23.2 Å². The summed E-state index contributed by atoms with van der Waals surface area (Å²) in [5.41, 5.74) is -1.51. The summed E-state index contributed by atoms with van der Waals surface area (Å²) in [5, 5.41) is 9.89. The molecular weight excluding hydrogens is 424 g/mol. The number of aromatic nitrogens is 1. The molecule has 0 spiro atoms. The Morgan fingerprint density at radius 2 is 1.83 bits per heavy atom. The number of hydrogen-bond acceptors (Lipinski definition) is 2. The minimum absolute atomic E-state index is 0.0380. The first-order chi connectivity index (χ1) is 13.6. The molecule has 3 nitrogen and oxygen atoms in total. The van der Waals surface area contributed by atoms with E-state index in [1.165, 1.54) is 12.1 Å². The van der Waals surface area contributed by atoms with Crippen LogP contribution in [0.1, 0.15) is 22.3 Å². The van der Waals surface area contributed by atoms with E-state index in [1.54, 1.807) is 43.3 Å². The first kappa shape index (κ1) is 21.0. The lowest BCUT2D eigenvalue weighted by Gasteiger charge is -2.18. The molecule has 148 valence electrons. The smallest absolute Gasteiger partial charge is 0.303 e. The van der Waals surface area contributed by atoms with Crippen molar-refractivity contribution in [1.29, 1.82) is 5.26 Å². The van der Waals surface area contributed by atoms with Crippen molar-refractivity contribution in [3.8, 4) is 17.3 Å². The molecule has 0 aliphatic rings. The van der Waals surface area contributed by atoms with Gasteiger partial charge in [0.15, 0.2) is 0 Å². The van der Waals surface area contributed by atoms with E-state index < -0.39 is 22.9 Å². The summed E-state index contributed by atoms with van der Waals surface area (Å²) < 4.78 is 41.7. The van der Waals surface area contributed by atoms with E-state index in [1.807, 2.05) is 0 Å². The van der Waals surface area contributed by atoms with Gasteiger partial charge in [-0.25, -0.2) is 0 Å². The van der Waals surface area contributed by atoms with Crippen LogP contribution in [0, 0.1) is 18.3 Å². The van der Waals surface area contributed by atoms with Crippen LogP contribution in [0.5, 0.6) is 0 Å². The van der Waals surface area contributed by atoms with Gasteiger partial charge in [-0.05, 0) is 42.3 Å². The molecule has 0 saturated carbocycles. The summed E-state index contributed by atoms with van der Waals surface area (Å²) in [4.78, 5) is 12.9. The molecule has 0 aliphatic carbocycles. The van der Waals surface area contributed by atoms with Gasteiger partial charge >= 0.3 is 6.18 Å². The van der Waals surface area contributed by atoms with Crippen molar-refractivity contribution in [2.75, 3.05) is 0 Å². The van der Waals surface area contributed by atoms with Crippen molar-refractivity contribution >= 4 is 23.2 Å². The number of alkyl halides is 3. The van der Waals surface area contributed by atoms with E-state index in [-0.39, 0.29) is 17.3 Å². The molecule has 0 bridgehead atoms. The van der Waals surface area contributed by atoms with E-state index in [4.69, 9.17) is 23.2 Å². The van der Waals surface area contributed by atoms with Crippen LogP contribution in [-0.2, 0) is 12.7 Å². The van der Waals surface area contributed by atoms with Crippen molar-refractivity contribution in [2.24, 2.45) is 0 Å². The molecule has 29 heavy (non-hydrogen) atoms. The zero-order valence-corrected chi connectivity index (χ0v) is 16.5. The predicted molar refractivity (Wildman–Crippen MR) is 106 cm³/mol. The first-order valence-corrected chi connectivity index (χ1v) is 9.13. The zero-order valence-electron chi connectivity index (χ0n) is 15.0. The SMILES string of the molecule is Cc1cccc(-c2cc(C(F)(F)F)c(C#N)c(=O)n2Cc2ccc(Cl)cc2Cl)c1. The fraction of sp³-hybridized carbons (Fsp3) is 0.143. The zero-order chi connectivity index (χ0) is 21.3. The van der Waals surface area contributed by atoms with Gasteiger partial charge in [0.05, 0.1) is 17.8 Å². The molecule has 2 aromatic carbocycles. The monoisotopic (exact) mass is 436 g/mol. The van der Waals surface area contributed by atoms with E-state index in [2.05, 4.69) is 0 Å². The normalized spacial score (nSPS) is 11.3. The molecule has 3 aromatic rings. The van der Waals surface area contributed by atoms with Gasteiger partial charge in [0, 0.05) is 10.0 Å². The van der Waals surface area contributed by atoms with Crippen molar-refractivity contribution in [2.45, 2.75) is 19.6 Å². The Kier molecular flexibility index (Phi) is 5.74. The molecule has 1 heterocycles. The molecule has 0 N–H and O–H groups in total. The van der Waals surface area contributed by atoms with Gasteiger partial charge in [0.1, 0.15) is 11.6 Å². The summed E-state index contributed by atoms with van der Waals surface area (Å²) >= 11 is 12.1. The third-order valence-corrected chi connectivity index (χ3v) is 4.96. The number of aryl methyl sites for hydroxylation is 1. The van der Waals surface area contributed by atoms with Crippen LogP contribution in [-0.4, -0.2) is 4.57 Å². The van der Waals surface area contributed by atoms with Crippen LogP contribution in [0.3, 0.4) is 0 Å². The maximum Gasteiger partial charge on any atom is 0.417 e.